The topological polar surface area (TPSA) is 72.2 Å². The zero-order chi connectivity index (χ0) is 15.6. The summed E-state index contributed by atoms with van der Waals surface area (Å²) in [6.45, 7) is 1.83. The first-order valence-corrected chi connectivity index (χ1v) is 6.65. The van der Waals surface area contributed by atoms with Gasteiger partial charge >= 0.3 is 0 Å². The zero-order valence-electron chi connectivity index (χ0n) is 10.9. The van der Waals surface area contributed by atoms with Gasteiger partial charge in [0.25, 0.3) is 11.6 Å². The van der Waals surface area contributed by atoms with Crippen molar-refractivity contribution in [2.75, 3.05) is 5.32 Å². The van der Waals surface area contributed by atoms with E-state index in [0.29, 0.717) is 10.7 Å². The Morgan fingerprint density at radius 2 is 1.90 bits per heavy atom. The van der Waals surface area contributed by atoms with Crippen LogP contribution >= 0.6 is 23.2 Å². The monoisotopic (exact) mass is 324 g/mol. The molecule has 2 rings (SSSR count). The maximum atomic E-state index is 12.1. The average molecular weight is 325 g/mol. The van der Waals surface area contributed by atoms with Gasteiger partial charge in [-0.15, -0.1) is 0 Å². The Balaban J connectivity index is 2.26. The summed E-state index contributed by atoms with van der Waals surface area (Å²) >= 11 is 11.7. The second-order valence-corrected chi connectivity index (χ2v) is 5.18. The van der Waals surface area contributed by atoms with Crippen molar-refractivity contribution in [1.82, 2.24) is 0 Å². The van der Waals surface area contributed by atoms with Gasteiger partial charge in [-0.1, -0.05) is 29.3 Å². The normalized spacial score (nSPS) is 10.2. The first-order valence-electron chi connectivity index (χ1n) is 5.90. The first-order chi connectivity index (χ1) is 9.88. The Morgan fingerprint density at radius 1 is 1.19 bits per heavy atom. The number of nitrogens with zero attached hydrogens (tertiary/aromatic N) is 1. The number of rotatable bonds is 3. The molecule has 0 aliphatic carbocycles. The molecule has 1 amide bonds. The Morgan fingerprint density at radius 3 is 2.52 bits per heavy atom. The van der Waals surface area contributed by atoms with E-state index >= 15 is 0 Å². The van der Waals surface area contributed by atoms with E-state index in [0.717, 1.165) is 5.56 Å². The highest BCUT2D eigenvalue weighted by atomic mass is 35.5. The van der Waals surface area contributed by atoms with Crippen molar-refractivity contribution >= 4 is 40.5 Å². The van der Waals surface area contributed by atoms with Crippen molar-refractivity contribution in [3.05, 3.63) is 67.7 Å². The molecule has 7 heteroatoms. The van der Waals surface area contributed by atoms with Crippen LogP contribution in [0.3, 0.4) is 0 Å². The fourth-order valence-electron chi connectivity index (χ4n) is 1.72. The van der Waals surface area contributed by atoms with Crippen LogP contribution in [0, 0.1) is 17.0 Å². The highest BCUT2D eigenvalue weighted by Crippen LogP contribution is 2.26. The summed E-state index contributed by atoms with van der Waals surface area (Å²) in [5.41, 5.74) is 1.40. The van der Waals surface area contributed by atoms with E-state index in [1.165, 1.54) is 18.2 Å². The molecule has 1 N–H and O–H groups in total. The third kappa shape index (κ3) is 3.51. The predicted molar refractivity (Wildman–Crippen MR) is 82.2 cm³/mol. The lowest BCUT2D eigenvalue weighted by atomic mass is 10.1. The molecule has 0 saturated heterocycles. The van der Waals surface area contributed by atoms with Crippen molar-refractivity contribution in [1.29, 1.82) is 0 Å². The number of nitro benzene ring substituents is 1. The molecule has 0 heterocycles. The van der Waals surface area contributed by atoms with Crippen LogP contribution in [0.15, 0.2) is 36.4 Å². The van der Waals surface area contributed by atoms with Crippen molar-refractivity contribution in [3.63, 3.8) is 0 Å². The smallest absolute Gasteiger partial charge is 0.287 e. The van der Waals surface area contributed by atoms with Crippen LogP contribution in [0.2, 0.25) is 10.0 Å². The fourth-order valence-corrected chi connectivity index (χ4v) is 2.14. The van der Waals surface area contributed by atoms with Crippen LogP contribution in [0.1, 0.15) is 15.9 Å². The molecular formula is C14H10Cl2N2O3. The summed E-state index contributed by atoms with van der Waals surface area (Å²) in [6, 6.07) is 8.92. The second-order valence-electron chi connectivity index (χ2n) is 4.34. The Labute approximate surface area is 130 Å². The van der Waals surface area contributed by atoms with Gasteiger partial charge in [-0.3, -0.25) is 14.9 Å². The molecule has 2 aromatic rings. The molecule has 0 aliphatic rings. The molecule has 21 heavy (non-hydrogen) atoms. The highest BCUT2D eigenvalue weighted by Gasteiger charge is 2.15. The summed E-state index contributed by atoms with van der Waals surface area (Å²) in [4.78, 5) is 22.2. The van der Waals surface area contributed by atoms with Crippen LogP contribution in [0.5, 0.6) is 0 Å². The number of anilines is 1. The van der Waals surface area contributed by atoms with E-state index in [1.807, 2.05) is 6.92 Å². The molecule has 5 nitrogen and oxygen atoms in total. The molecule has 0 unspecified atom stereocenters. The lowest BCUT2D eigenvalue weighted by molar-refractivity contribution is -0.384. The Kier molecular flexibility index (Phi) is 4.45. The minimum Gasteiger partial charge on any atom is -0.322 e. The van der Waals surface area contributed by atoms with Gasteiger partial charge in [0.15, 0.2) is 0 Å². The van der Waals surface area contributed by atoms with Crippen LogP contribution < -0.4 is 5.32 Å². The van der Waals surface area contributed by atoms with Crippen molar-refractivity contribution in [2.45, 2.75) is 6.92 Å². The van der Waals surface area contributed by atoms with E-state index in [2.05, 4.69) is 5.32 Å². The molecule has 0 radical (unpaired) electrons. The number of carbonyl (C=O) groups excluding carboxylic acids is 1. The van der Waals surface area contributed by atoms with E-state index in [9.17, 15) is 14.9 Å². The van der Waals surface area contributed by atoms with E-state index in [4.69, 9.17) is 23.2 Å². The number of carbonyl (C=O) groups is 1. The molecule has 0 fully saturated rings. The van der Waals surface area contributed by atoms with Crippen LogP contribution in [-0.2, 0) is 0 Å². The lowest BCUT2D eigenvalue weighted by Crippen LogP contribution is -2.12. The molecule has 2 aromatic carbocycles. The van der Waals surface area contributed by atoms with Crippen LogP contribution in [-0.4, -0.2) is 10.8 Å². The SMILES string of the molecule is Cc1ccc(Cl)cc1NC(=O)c1ccc([N+](=O)[O-])c(Cl)c1. The number of hydrogen-bond acceptors (Lipinski definition) is 3. The minimum atomic E-state index is -0.606. The standard InChI is InChI=1S/C14H10Cl2N2O3/c1-8-2-4-10(15)7-12(8)17-14(19)9-3-5-13(18(20)21)11(16)6-9/h2-7H,1H3,(H,17,19). The van der Waals surface area contributed by atoms with E-state index in [1.54, 1.807) is 18.2 Å². The number of nitrogens with one attached hydrogen (secondary N) is 1. The van der Waals surface area contributed by atoms with Crippen molar-refractivity contribution in [3.8, 4) is 0 Å². The van der Waals surface area contributed by atoms with Crippen LogP contribution in [0.4, 0.5) is 11.4 Å². The van der Waals surface area contributed by atoms with Gasteiger partial charge in [-0.05, 0) is 36.8 Å². The predicted octanol–water partition coefficient (Wildman–Crippen LogP) is 4.46. The third-order valence-electron chi connectivity index (χ3n) is 2.85. The summed E-state index contributed by atoms with van der Waals surface area (Å²) in [5.74, 6) is -0.419. The number of halogens is 2. The minimum absolute atomic E-state index is 0.0875. The number of nitro groups is 1. The highest BCUT2D eigenvalue weighted by molar-refractivity contribution is 6.33. The number of amides is 1. The summed E-state index contributed by atoms with van der Waals surface area (Å²) in [5, 5.41) is 13.8. The van der Waals surface area contributed by atoms with E-state index < -0.39 is 10.8 Å². The summed E-state index contributed by atoms with van der Waals surface area (Å²) in [7, 11) is 0. The van der Waals surface area contributed by atoms with Gasteiger partial charge in [0.2, 0.25) is 0 Å². The molecule has 0 atom stereocenters. The van der Waals surface area contributed by atoms with E-state index in [-0.39, 0.29) is 16.3 Å². The van der Waals surface area contributed by atoms with Gasteiger partial charge in [0.05, 0.1) is 4.92 Å². The quantitative estimate of drug-likeness (QED) is 0.669. The summed E-state index contributed by atoms with van der Waals surface area (Å²) in [6.07, 6.45) is 0. The van der Waals surface area contributed by atoms with Crippen molar-refractivity contribution < 1.29 is 9.72 Å². The molecule has 0 aromatic heterocycles. The molecule has 108 valence electrons. The zero-order valence-corrected chi connectivity index (χ0v) is 12.4. The second kappa shape index (κ2) is 6.11. The molecule has 0 spiro atoms. The maximum Gasteiger partial charge on any atom is 0.287 e. The maximum absolute atomic E-state index is 12.1. The molecule has 0 saturated carbocycles. The molecular weight excluding hydrogens is 315 g/mol. The molecule has 0 aliphatic heterocycles. The van der Waals surface area contributed by atoms with Crippen molar-refractivity contribution in [2.24, 2.45) is 0 Å². The third-order valence-corrected chi connectivity index (χ3v) is 3.39. The molecule has 0 bridgehead atoms. The first kappa shape index (κ1) is 15.3. The van der Waals surface area contributed by atoms with Gasteiger partial charge < -0.3 is 5.32 Å². The number of hydrogen-bond donors (Lipinski definition) is 1. The average Bonchev–Trinajstić information content (AvgIpc) is 2.42. The Bertz CT molecular complexity index is 732. The number of aryl methyl sites for hydroxylation is 1. The Hall–Kier alpha value is -2.11. The van der Waals surface area contributed by atoms with Crippen LogP contribution in [0.25, 0.3) is 0 Å². The summed E-state index contributed by atoms with van der Waals surface area (Å²) < 4.78 is 0. The van der Waals surface area contributed by atoms with Gasteiger partial charge in [-0.2, -0.15) is 0 Å². The van der Waals surface area contributed by atoms with Gasteiger partial charge in [0.1, 0.15) is 5.02 Å². The largest absolute Gasteiger partial charge is 0.322 e. The lowest BCUT2D eigenvalue weighted by Gasteiger charge is -2.09. The number of benzene rings is 2. The van der Waals surface area contributed by atoms with Gasteiger partial charge in [0, 0.05) is 22.3 Å². The fraction of sp³-hybridized carbons (Fsp3) is 0.0714. The van der Waals surface area contributed by atoms with Gasteiger partial charge in [-0.25, -0.2) is 0 Å².